The summed E-state index contributed by atoms with van der Waals surface area (Å²) in [6.45, 7) is 2.02. The summed E-state index contributed by atoms with van der Waals surface area (Å²) >= 11 is 0. The van der Waals surface area contributed by atoms with E-state index in [1.807, 2.05) is 6.08 Å². The molecule has 0 aromatic heterocycles. The first-order valence-electron chi connectivity index (χ1n) is 5.32. The maximum absolute atomic E-state index is 11.6. The highest BCUT2D eigenvalue weighted by atomic mass is 16.3. The Morgan fingerprint density at radius 3 is 2.87 bits per heavy atom. The first kappa shape index (κ1) is 11.9. The fourth-order valence-corrected chi connectivity index (χ4v) is 1.62. The predicted molar refractivity (Wildman–Crippen MR) is 56.0 cm³/mol. The van der Waals surface area contributed by atoms with Gasteiger partial charge in [-0.15, -0.1) is 0 Å². The van der Waals surface area contributed by atoms with Gasteiger partial charge in [-0.1, -0.05) is 25.5 Å². The first-order valence-corrected chi connectivity index (χ1v) is 5.32. The first-order chi connectivity index (χ1) is 7.20. The van der Waals surface area contributed by atoms with Crippen molar-refractivity contribution in [1.82, 2.24) is 4.90 Å². The van der Waals surface area contributed by atoms with Crippen LogP contribution < -0.4 is 0 Å². The number of carbonyl (C=O) groups is 2. The fourth-order valence-electron chi connectivity index (χ4n) is 1.62. The summed E-state index contributed by atoms with van der Waals surface area (Å²) < 4.78 is 0. The van der Waals surface area contributed by atoms with Crippen molar-refractivity contribution in [2.75, 3.05) is 13.2 Å². The smallest absolute Gasteiger partial charge is 0.236 e. The number of rotatable bonds is 5. The quantitative estimate of drug-likeness (QED) is 0.538. The summed E-state index contributed by atoms with van der Waals surface area (Å²) in [6, 6.07) is 0. The zero-order chi connectivity index (χ0) is 11.3. The third kappa shape index (κ3) is 2.89. The summed E-state index contributed by atoms with van der Waals surface area (Å²) in [7, 11) is 0. The Kier molecular flexibility index (Phi) is 4.49. The van der Waals surface area contributed by atoms with E-state index in [0.29, 0.717) is 0 Å². The van der Waals surface area contributed by atoms with Crippen LogP contribution in [-0.4, -0.2) is 35.0 Å². The molecule has 0 aliphatic carbocycles. The highest BCUT2D eigenvalue weighted by Gasteiger charge is 2.36. The number of nitrogens with zero attached hydrogens (tertiary/aromatic N) is 1. The lowest BCUT2D eigenvalue weighted by Gasteiger charge is -2.11. The molecule has 1 rings (SSSR count). The topological polar surface area (TPSA) is 57.6 Å². The van der Waals surface area contributed by atoms with Crippen molar-refractivity contribution in [3.05, 3.63) is 12.2 Å². The molecule has 1 fully saturated rings. The number of likely N-dealkylation sites (tertiary alicyclic amines) is 1. The van der Waals surface area contributed by atoms with E-state index < -0.39 is 0 Å². The molecule has 1 aliphatic heterocycles. The van der Waals surface area contributed by atoms with Crippen molar-refractivity contribution in [1.29, 1.82) is 0 Å². The third-order valence-electron chi connectivity index (χ3n) is 2.43. The molecule has 4 nitrogen and oxygen atoms in total. The Morgan fingerprint density at radius 2 is 2.27 bits per heavy atom. The SMILES string of the molecule is CCCC=CC1CC(=O)N(CCO)C1=O. The lowest BCUT2D eigenvalue weighted by atomic mass is 10.1. The van der Waals surface area contributed by atoms with Crippen LogP contribution in [0.25, 0.3) is 0 Å². The van der Waals surface area contributed by atoms with Gasteiger partial charge >= 0.3 is 0 Å². The second-order valence-corrected chi connectivity index (χ2v) is 3.63. The molecule has 1 atom stereocenters. The van der Waals surface area contributed by atoms with Gasteiger partial charge < -0.3 is 5.11 Å². The van der Waals surface area contributed by atoms with Crippen LogP contribution in [0.15, 0.2) is 12.2 Å². The molecule has 0 radical (unpaired) electrons. The Bertz CT molecular complexity index is 273. The van der Waals surface area contributed by atoms with Crippen LogP contribution in [0.3, 0.4) is 0 Å². The predicted octanol–water partition coefficient (Wildman–Crippen LogP) is 0.710. The fraction of sp³-hybridized carbons (Fsp3) is 0.636. The second-order valence-electron chi connectivity index (χ2n) is 3.63. The van der Waals surface area contributed by atoms with E-state index in [2.05, 4.69) is 6.92 Å². The van der Waals surface area contributed by atoms with Crippen molar-refractivity contribution < 1.29 is 14.7 Å². The summed E-state index contributed by atoms with van der Waals surface area (Å²) in [6.07, 6.45) is 5.96. The van der Waals surface area contributed by atoms with Gasteiger partial charge in [0.15, 0.2) is 0 Å². The molecule has 0 spiro atoms. The number of unbranched alkanes of at least 4 members (excludes halogenated alkanes) is 1. The van der Waals surface area contributed by atoms with Crippen molar-refractivity contribution >= 4 is 11.8 Å². The average molecular weight is 211 g/mol. The number of hydrogen-bond acceptors (Lipinski definition) is 3. The number of carbonyl (C=O) groups excluding carboxylic acids is 2. The molecule has 0 saturated carbocycles. The van der Waals surface area contributed by atoms with Crippen LogP contribution in [0.1, 0.15) is 26.2 Å². The summed E-state index contributed by atoms with van der Waals surface area (Å²) in [4.78, 5) is 24.2. The van der Waals surface area contributed by atoms with E-state index in [1.54, 1.807) is 6.08 Å². The number of imide groups is 1. The van der Waals surface area contributed by atoms with Crippen molar-refractivity contribution in [2.24, 2.45) is 5.92 Å². The van der Waals surface area contributed by atoms with Gasteiger partial charge in [-0.3, -0.25) is 14.5 Å². The van der Waals surface area contributed by atoms with E-state index in [-0.39, 0.29) is 37.3 Å². The molecule has 1 unspecified atom stereocenters. The molecule has 2 amide bonds. The zero-order valence-electron chi connectivity index (χ0n) is 8.98. The number of hydrogen-bond donors (Lipinski definition) is 1. The van der Waals surface area contributed by atoms with E-state index in [1.165, 1.54) is 0 Å². The lowest BCUT2D eigenvalue weighted by Crippen LogP contribution is -2.32. The van der Waals surface area contributed by atoms with Gasteiger partial charge in [-0.25, -0.2) is 0 Å². The molecule has 1 heterocycles. The van der Waals surface area contributed by atoms with Gasteiger partial charge in [0, 0.05) is 6.42 Å². The second kappa shape index (κ2) is 5.66. The summed E-state index contributed by atoms with van der Waals surface area (Å²) in [5.41, 5.74) is 0. The normalized spacial score (nSPS) is 22.0. The molecular formula is C11H17NO3. The maximum atomic E-state index is 11.6. The van der Waals surface area contributed by atoms with Crippen LogP contribution in [0.2, 0.25) is 0 Å². The summed E-state index contributed by atoms with van der Waals surface area (Å²) in [5.74, 6) is -0.669. The van der Waals surface area contributed by atoms with E-state index in [0.717, 1.165) is 17.7 Å². The minimum Gasteiger partial charge on any atom is -0.395 e. The molecule has 84 valence electrons. The van der Waals surface area contributed by atoms with Crippen molar-refractivity contribution in [2.45, 2.75) is 26.2 Å². The molecule has 1 N–H and O–H groups in total. The Hall–Kier alpha value is -1.16. The van der Waals surface area contributed by atoms with E-state index in [9.17, 15) is 9.59 Å². The van der Waals surface area contributed by atoms with Gasteiger partial charge in [-0.2, -0.15) is 0 Å². The molecule has 15 heavy (non-hydrogen) atoms. The lowest BCUT2D eigenvalue weighted by molar-refractivity contribution is -0.139. The number of β-amino-alcohol motifs (C(OH)–C–C–N with tert-alkyl or cyclic N) is 1. The highest BCUT2D eigenvalue weighted by molar-refractivity contribution is 6.04. The molecule has 1 saturated heterocycles. The van der Waals surface area contributed by atoms with Gasteiger partial charge in [0.25, 0.3) is 0 Å². The molecule has 0 bridgehead atoms. The van der Waals surface area contributed by atoms with E-state index >= 15 is 0 Å². The summed E-state index contributed by atoms with van der Waals surface area (Å²) in [5, 5.41) is 8.70. The molecule has 4 heteroatoms. The third-order valence-corrected chi connectivity index (χ3v) is 2.43. The minimum atomic E-state index is -0.310. The number of aliphatic hydroxyl groups excluding tert-OH is 1. The van der Waals surface area contributed by atoms with Crippen LogP contribution in [0.4, 0.5) is 0 Å². The highest BCUT2D eigenvalue weighted by Crippen LogP contribution is 2.20. The number of allylic oxidation sites excluding steroid dienone is 1. The monoisotopic (exact) mass is 211 g/mol. The van der Waals surface area contributed by atoms with Gasteiger partial charge in [0.05, 0.1) is 19.1 Å². The average Bonchev–Trinajstić information content (AvgIpc) is 2.47. The van der Waals surface area contributed by atoms with Crippen LogP contribution in [0, 0.1) is 5.92 Å². The van der Waals surface area contributed by atoms with E-state index in [4.69, 9.17) is 5.11 Å². The number of aliphatic hydroxyl groups is 1. The molecule has 0 aromatic rings. The standard InChI is InChI=1S/C11H17NO3/c1-2-3-4-5-9-8-10(14)12(6-7-13)11(9)15/h4-5,9,13H,2-3,6-8H2,1H3. The molecule has 1 aliphatic rings. The van der Waals surface area contributed by atoms with Crippen molar-refractivity contribution in [3.8, 4) is 0 Å². The van der Waals surface area contributed by atoms with Crippen molar-refractivity contribution in [3.63, 3.8) is 0 Å². The van der Waals surface area contributed by atoms with Gasteiger partial charge in [0.2, 0.25) is 11.8 Å². The van der Waals surface area contributed by atoms with Crippen LogP contribution >= 0.6 is 0 Å². The Balaban J connectivity index is 2.56. The zero-order valence-corrected chi connectivity index (χ0v) is 8.98. The maximum Gasteiger partial charge on any atom is 0.236 e. The molecular weight excluding hydrogens is 194 g/mol. The van der Waals surface area contributed by atoms with Gasteiger partial charge in [-0.05, 0) is 6.42 Å². The molecule has 0 aromatic carbocycles. The van der Waals surface area contributed by atoms with Crippen LogP contribution in [0.5, 0.6) is 0 Å². The Labute approximate surface area is 89.6 Å². The van der Waals surface area contributed by atoms with Crippen LogP contribution in [-0.2, 0) is 9.59 Å². The van der Waals surface area contributed by atoms with Gasteiger partial charge in [0.1, 0.15) is 0 Å². The number of amides is 2. The Morgan fingerprint density at radius 1 is 1.53 bits per heavy atom. The largest absolute Gasteiger partial charge is 0.395 e. The minimum absolute atomic E-state index is 0.121.